The normalized spacial score (nSPS) is 14.0. The minimum absolute atomic E-state index is 0.665. The summed E-state index contributed by atoms with van der Waals surface area (Å²) in [5, 5.41) is 0. The lowest BCUT2D eigenvalue weighted by atomic mass is 10.3. The summed E-state index contributed by atoms with van der Waals surface area (Å²) in [5.74, 6) is 1.49. The highest BCUT2D eigenvalue weighted by Crippen LogP contribution is 2.38. The molecule has 0 aliphatic carbocycles. The van der Waals surface area contributed by atoms with Gasteiger partial charge in [-0.2, -0.15) is 35.1 Å². The van der Waals surface area contributed by atoms with Crippen molar-refractivity contribution in [3.8, 4) is 0 Å². The van der Waals surface area contributed by atoms with Gasteiger partial charge in [0.15, 0.2) is 0 Å². The minimum atomic E-state index is -6.16. The molecule has 0 atom stereocenters. The van der Waals surface area contributed by atoms with E-state index in [9.17, 15) is 39.9 Å². The monoisotopic (exact) mass is 276 g/mol. The van der Waals surface area contributed by atoms with Crippen LogP contribution < -0.4 is 11.3 Å². The zero-order chi connectivity index (χ0) is 14.1. The van der Waals surface area contributed by atoms with Gasteiger partial charge in [0.05, 0.1) is 0 Å². The van der Waals surface area contributed by atoms with Crippen molar-refractivity contribution in [2.45, 2.75) is 24.6 Å². The Kier molecular flexibility index (Phi) is 4.28. The quantitative estimate of drug-likeness (QED) is 0.351. The van der Waals surface area contributed by atoms with Crippen LogP contribution in [0.4, 0.5) is 35.1 Å². The molecule has 1 amide bonds. The van der Waals surface area contributed by atoms with E-state index >= 15 is 0 Å². The second kappa shape index (κ2) is 4.60. The van der Waals surface area contributed by atoms with Crippen LogP contribution in [0.5, 0.6) is 0 Å². The largest absolute Gasteiger partial charge is 0.438 e. The van der Waals surface area contributed by atoms with Crippen molar-refractivity contribution in [1.82, 2.24) is 5.43 Å². The molecule has 4 nitrogen and oxygen atoms in total. The van der Waals surface area contributed by atoms with Gasteiger partial charge >= 0.3 is 24.4 Å². The number of hydrazine groups is 1. The van der Waals surface area contributed by atoms with Gasteiger partial charge in [-0.05, 0) is 0 Å². The number of amides is 1. The zero-order valence-corrected chi connectivity index (χ0v) is 7.49. The van der Waals surface area contributed by atoms with E-state index in [1.54, 1.807) is 0 Å². The smallest absolute Gasteiger partial charge is 0.290 e. The molecule has 0 aromatic heterocycles. The number of ether oxygens (including phenoxy) is 1. The Bertz CT molecular complexity index is 271. The molecule has 0 aromatic rings. The molecule has 0 bridgehead atoms. The van der Waals surface area contributed by atoms with Crippen molar-refractivity contribution >= 4 is 5.91 Å². The summed E-state index contributed by atoms with van der Waals surface area (Å²) >= 11 is 0. The molecule has 0 unspecified atom stereocenters. The fraction of sp³-hybridized carbons (Fsp3) is 0.800. The zero-order valence-electron chi connectivity index (χ0n) is 7.49. The van der Waals surface area contributed by atoms with Crippen molar-refractivity contribution in [2.75, 3.05) is 0 Å². The van der Waals surface area contributed by atoms with E-state index in [0.717, 1.165) is 0 Å². The topological polar surface area (TPSA) is 64.3 Å². The van der Waals surface area contributed by atoms with Gasteiger partial charge in [0.1, 0.15) is 0 Å². The van der Waals surface area contributed by atoms with E-state index in [4.69, 9.17) is 0 Å². The van der Waals surface area contributed by atoms with Crippen LogP contribution in [0.25, 0.3) is 0 Å². The summed E-state index contributed by atoms with van der Waals surface area (Å²) in [5.41, 5.74) is 0.665. The van der Waals surface area contributed by atoms with E-state index in [2.05, 4.69) is 10.6 Å². The van der Waals surface area contributed by atoms with Crippen molar-refractivity contribution in [2.24, 2.45) is 5.84 Å². The number of alkyl halides is 8. The van der Waals surface area contributed by atoms with Crippen LogP contribution >= 0.6 is 0 Å². The summed E-state index contributed by atoms with van der Waals surface area (Å²) in [4.78, 5) is 10.2. The lowest BCUT2D eigenvalue weighted by molar-refractivity contribution is -0.376. The number of hydrogen-bond acceptors (Lipinski definition) is 3. The highest BCUT2D eigenvalue weighted by Gasteiger charge is 2.62. The molecule has 102 valence electrons. The third-order valence-corrected chi connectivity index (χ3v) is 1.26. The Hall–Kier alpha value is -1.17. The number of carbonyl (C=O) groups excluding carboxylic acids is 1. The minimum Gasteiger partial charge on any atom is -0.290 e. The number of carbonyl (C=O) groups is 1. The van der Waals surface area contributed by atoms with Gasteiger partial charge in [-0.3, -0.25) is 15.0 Å². The van der Waals surface area contributed by atoms with Crippen LogP contribution in [0.3, 0.4) is 0 Å². The van der Waals surface area contributed by atoms with Gasteiger partial charge in [0, 0.05) is 0 Å². The summed E-state index contributed by atoms with van der Waals surface area (Å²) in [6, 6.07) is 0. The average Bonchev–Trinajstić information content (AvgIpc) is 2.09. The number of rotatable bonds is 3. The molecule has 0 heterocycles. The fourth-order valence-electron chi connectivity index (χ4n) is 0.605. The van der Waals surface area contributed by atoms with Gasteiger partial charge in [-0.25, -0.2) is 5.84 Å². The van der Waals surface area contributed by atoms with E-state index in [1.807, 2.05) is 0 Å². The molecule has 17 heavy (non-hydrogen) atoms. The maximum atomic E-state index is 12.4. The predicted octanol–water partition coefficient (Wildman–Crippen LogP) is 1.08. The maximum Gasteiger partial charge on any atom is 0.438 e. The lowest BCUT2D eigenvalue weighted by Gasteiger charge is -2.26. The molecular formula is C5H4F8N2O2. The molecule has 0 rings (SSSR count). The third-order valence-electron chi connectivity index (χ3n) is 1.26. The van der Waals surface area contributed by atoms with Gasteiger partial charge in [-0.1, -0.05) is 0 Å². The predicted molar refractivity (Wildman–Crippen MR) is 34.3 cm³/mol. The van der Waals surface area contributed by atoms with Crippen LogP contribution in [0.2, 0.25) is 0 Å². The third kappa shape index (κ3) is 4.30. The van der Waals surface area contributed by atoms with Gasteiger partial charge in [0.25, 0.3) is 6.10 Å². The van der Waals surface area contributed by atoms with E-state index in [1.165, 1.54) is 0 Å². The molecule has 12 heteroatoms. The summed E-state index contributed by atoms with van der Waals surface area (Å²) in [7, 11) is 0. The fourth-order valence-corrected chi connectivity index (χ4v) is 0.605. The second-order valence-corrected chi connectivity index (χ2v) is 2.57. The summed E-state index contributed by atoms with van der Waals surface area (Å²) in [6.07, 6.45) is -22.5. The van der Waals surface area contributed by atoms with Crippen molar-refractivity contribution < 1.29 is 44.7 Å². The van der Waals surface area contributed by atoms with Gasteiger partial charge < -0.3 is 0 Å². The molecule has 0 aliphatic rings. The first kappa shape index (κ1) is 15.8. The maximum absolute atomic E-state index is 12.4. The molecule has 0 aromatic carbocycles. The number of hydrogen-bond donors (Lipinski definition) is 2. The Morgan fingerprint density at radius 2 is 1.35 bits per heavy atom. The van der Waals surface area contributed by atoms with Gasteiger partial charge in [-0.15, -0.1) is 0 Å². The second-order valence-electron chi connectivity index (χ2n) is 2.57. The Morgan fingerprint density at radius 1 is 1.00 bits per heavy atom. The SMILES string of the molecule is NNC(=O)C(F)(F)OC(C(F)(F)F)C(F)(F)F. The van der Waals surface area contributed by atoms with Gasteiger partial charge in [0.2, 0.25) is 0 Å². The highest BCUT2D eigenvalue weighted by atomic mass is 19.4. The van der Waals surface area contributed by atoms with E-state index < -0.39 is 30.5 Å². The van der Waals surface area contributed by atoms with Crippen molar-refractivity contribution in [3.63, 3.8) is 0 Å². The standard InChI is InChI=1S/C5H4F8N2O2/c6-3(7,8)1(4(9,10)11)17-5(12,13)2(16)15-14/h1H,14H2,(H,15,16). The molecule has 0 saturated carbocycles. The number of halogens is 8. The molecule has 0 aliphatic heterocycles. The van der Waals surface area contributed by atoms with Crippen LogP contribution in [-0.2, 0) is 9.53 Å². The number of nitrogens with two attached hydrogens (primary N) is 1. The number of nitrogens with one attached hydrogen (secondary N) is 1. The lowest BCUT2D eigenvalue weighted by Crippen LogP contribution is -2.53. The Morgan fingerprint density at radius 3 is 1.59 bits per heavy atom. The van der Waals surface area contributed by atoms with Crippen LogP contribution in [0.15, 0.2) is 0 Å². The molecule has 0 fully saturated rings. The first-order valence-electron chi connectivity index (χ1n) is 3.52. The molecule has 0 spiro atoms. The average molecular weight is 276 g/mol. The first-order valence-corrected chi connectivity index (χ1v) is 3.52. The molecule has 0 saturated heterocycles. The molecule has 3 N–H and O–H groups in total. The Balaban J connectivity index is 5.09. The first-order chi connectivity index (χ1) is 7.32. The van der Waals surface area contributed by atoms with Crippen LogP contribution in [0.1, 0.15) is 0 Å². The van der Waals surface area contributed by atoms with E-state index in [-0.39, 0.29) is 0 Å². The summed E-state index contributed by atoms with van der Waals surface area (Å²) < 4.78 is 97.9. The highest BCUT2D eigenvalue weighted by molar-refractivity contribution is 5.81. The van der Waals surface area contributed by atoms with E-state index in [0.29, 0.717) is 5.43 Å². The molecular weight excluding hydrogens is 272 g/mol. The van der Waals surface area contributed by atoms with Crippen molar-refractivity contribution in [3.05, 3.63) is 0 Å². The Labute approximate surface area is 87.7 Å². The van der Waals surface area contributed by atoms with Crippen LogP contribution in [0, 0.1) is 0 Å². The molecule has 0 radical (unpaired) electrons. The van der Waals surface area contributed by atoms with Crippen LogP contribution in [-0.4, -0.2) is 30.5 Å². The summed E-state index contributed by atoms with van der Waals surface area (Å²) in [6.45, 7) is 0. The van der Waals surface area contributed by atoms with Crippen molar-refractivity contribution in [1.29, 1.82) is 0 Å².